The van der Waals surface area contributed by atoms with E-state index in [1.54, 1.807) is 0 Å². The third-order valence-corrected chi connectivity index (χ3v) is 14.6. The smallest absolute Gasteiger partial charge is 0.331 e. The van der Waals surface area contributed by atoms with Gasteiger partial charge >= 0.3 is 7.58 Å². The maximum atomic E-state index is 6.17. The van der Waals surface area contributed by atoms with Gasteiger partial charge in [-0.25, -0.2) is 5.09 Å². The van der Waals surface area contributed by atoms with Crippen LogP contribution in [-0.4, -0.2) is 0 Å². The van der Waals surface area contributed by atoms with Gasteiger partial charge < -0.3 is 4.52 Å². The SMILES string of the molecule is ClP1(Cl)=NP(Cl)(Cl)=NP2(=N1)NCc1ccc3ccccc3c1O2. The van der Waals surface area contributed by atoms with Gasteiger partial charge in [-0.15, -0.1) is 0 Å². The van der Waals surface area contributed by atoms with Crippen LogP contribution in [0.3, 0.4) is 0 Å². The number of rotatable bonds is 0. The maximum Gasteiger partial charge on any atom is 0.331 e. The highest BCUT2D eigenvalue weighted by molar-refractivity contribution is 8.20. The van der Waals surface area contributed by atoms with Gasteiger partial charge in [0.1, 0.15) is 5.75 Å². The van der Waals surface area contributed by atoms with Gasteiger partial charge in [0, 0.05) is 17.5 Å². The predicted octanol–water partition coefficient (Wildman–Crippen LogP) is 8.13. The van der Waals surface area contributed by atoms with Gasteiger partial charge in [0.15, 0.2) is 0 Å². The van der Waals surface area contributed by atoms with Crippen molar-refractivity contribution in [2.24, 2.45) is 13.5 Å². The van der Waals surface area contributed by atoms with Crippen molar-refractivity contribution in [2.75, 3.05) is 0 Å². The first kappa shape index (κ1) is 16.8. The molecule has 4 rings (SSSR count). The van der Waals surface area contributed by atoms with Gasteiger partial charge in [0.05, 0.1) is 0 Å². The molecule has 0 fully saturated rings. The highest BCUT2D eigenvalue weighted by Crippen LogP contribution is 2.84. The van der Waals surface area contributed by atoms with E-state index in [-0.39, 0.29) is 0 Å². The van der Waals surface area contributed by atoms with Crippen LogP contribution < -0.4 is 9.61 Å². The van der Waals surface area contributed by atoms with Crippen molar-refractivity contribution in [3.63, 3.8) is 0 Å². The molecule has 1 unspecified atom stereocenters. The summed E-state index contributed by atoms with van der Waals surface area (Å²) in [5.74, 6) is -5.32. The lowest BCUT2D eigenvalue weighted by Crippen LogP contribution is -2.19. The Hall–Kier alpha value is 0.310. The Morgan fingerprint density at radius 3 is 2.43 bits per heavy atom. The second kappa shape index (κ2) is 5.66. The zero-order valence-corrected chi connectivity index (χ0v) is 17.0. The molecule has 1 spiro atoms. The van der Waals surface area contributed by atoms with Gasteiger partial charge in [0.2, 0.25) is 0 Å². The molecule has 2 aromatic rings. The molecule has 23 heavy (non-hydrogen) atoms. The van der Waals surface area contributed by atoms with Crippen LogP contribution >= 0.6 is 64.4 Å². The van der Waals surface area contributed by atoms with Gasteiger partial charge in [-0.2, -0.15) is 13.5 Å². The highest BCUT2D eigenvalue weighted by Gasteiger charge is 2.38. The van der Waals surface area contributed by atoms with Crippen molar-refractivity contribution in [3.05, 3.63) is 42.0 Å². The Kier molecular flexibility index (Phi) is 4.12. The minimum absolute atomic E-state index is 0.516. The number of nitrogens with zero attached hydrogens (tertiary/aromatic N) is 3. The Bertz CT molecular complexity index is 988. The van der Waals surface area contributed by atoms with E-state index < -0.39 is 19.4 Å². The lowest BCUT2D eigenvalue weighted by molar-refractivity contribution is 0.560. The molecule has 122 valence electrons. The minimum atomic E-state index is -3.02. The Morgan fingerprint density at radius 2 is 1.65 bits per heavy atom. The Labute approximate surface area is 152 Å². The quantitative estimate of drug-likeness (QED) is 0.414. The molecule has 2 aromatic carbocycles. The fraction of sp³-hybridized carbons (Fsp3) is 0.0909. The Morgan fingerprint density at radius 1 is 0.913 bits per heavy atom. The van der Waals surface area contributed by atoms with Crippen LogP contribution in [0.25, 0.3) is 10.8 Å². The molecule has 2 aliphatic rings. The third kappa shape index (κ3) is 3.24. The lowest BCUT2D eigenvalue weighted by atomic mass is 10.1. The van der Waals surface area contributed by atoms with E-state index in [0.717, 1.165) is 16.3 Å². The topological polar surface area (TPSA) is 58.3 Å². The van der Waals surface area contributed by atoms with Gasteiger partial charge in [0.25, 0.3) is 11.8 Å². The minimum Gasteiger partial charge on any atom is -0.430 e. The summed E-state index contributed by atoms with van der Waals surface area (Å²) in [4.78, 5) is 0. The molecule has 2 aliphatic heterocycles. The van der Waals surface area contributed by atoms with E-state index in [4.69, 9.17) is 49.5 Å². The summed E-state index contributed by atoms with van der Waals surface area (Å²) in [5.41, 5.74) is 1.00. The first-order chi connectivity index (χ1) is 10.8. The molecule has 0 saturated carbocycles. The molecule has 12 heteroatoms. The van der Waals surface area contributed by atoms with Crippen molar-refractivity contribution >= 4 is 75.1 Å². The zero-order valence-electron chi connectivity index (χ0n) is 11.3. The zero-order chi connectivity index (χ0) is 16.3. The first-order valence-corrected chi connectivity index (χ1v) is 15.1. The monoisotopic (exact) mass is 446 g/mol. The molecule has 2 heterocycles. The van der Waals surface area contributed by atoms with Gasteiger partial charge in [-0.3, -0.25) is 0 Å². The van der Waals surface area contributed by atoms with Gasteiger partial charge in [-0.05, 0) is 50.3 Å². The van der Waals surface area contributed by atoms with Crippen LogP contribution in [0, 0.1) is 0 Å². The average Bonchev–Trinajstić information content (AvgIpc) is 2.43. The summed E-state index contributed by atoms with van der Waals surface area (Å²) in [6, 6.07) is 12.0. The lowest BCUT2D eigenvalue weighted by Gasteiger charge is -2.32. The van der Waals surface area contributed by atoms with Crippen LogP contribution in [0.5, 0.6) is 5.75 Å². The third-order valence-electron chi connectivity index (χ3n) is 3.33. The summed E-state index contributed by atoms with van der Waals surface area (Å²) >= 11 is 24.7. The van der Waals surface area contributed by atoms with Crippen LogP contribution in [0.15, 0.2) is 49.9 Å². The van der Waals surface area contributed by atoms with E-state index in [2.05, 4.69) is 18.6 Å². The van der Waals surface area contributed by atoms with Crippen LogP contribution in [0.4, 0.5) is 0 Å². The van der Waals surface area contributed by atoms with Crippen molar-refractivity contribution in [1.82, 2.24) is 5.09 Å². The number of hydrogen-bond donors (Lipinski definition) is 1. The van der Waals surface area contributed by atoms with Crippen molar-refractivity contribution < 1.29 is 4.52 Å². The number of benzene rings is 2. The Balaban J connectivity index is 1.96. The summed E-state index contributed by atoms with van der Waals surface area (Å²) in [6.45, 7) is 0.516. The number of halogens is 4. The molecule has 0 saturated heterocycles. The van der Waals surface area contributed by atoms with E-state index in [0.29, 0.717) is 12.3 Å². The van der Waals surface area contributed by atoms with E-state index in [9.17, 15) is 0 Å². The molecule has 0 amide bonds. The number of nitrogens with one attached hydrogen (secondary N) is 1. The van der Waals surface area contributed by atoms with E-state index in [1.807, 2.05) is 36.4 Å². The molecular weight excluding hydrogens is 439 g/mol. The van der Waals surface area contributed by atoms with E-state index >= 15 is 0 Å². The van der Waals surface area contributed by atoms with Gasteiger partial charge in [-0.1, -0.05) is 36.4 Å². The van der Waals surface area contributed by atoms with Crippen LogP contribution in [0.1, 0.15) is 5.56 Å². The molecule has 0 radical (unpaired) electrons. The molecule has 1 atom stereocenters. The molecule has 0 aromatic heterocycles. The normalized spacial score (nSPS) is 27.3. The standard InChI is InChI=1S/C11H9Cl4N4OP3/c12-21(13)17-22(14,15)19-23(18-21)16-7-9-6-5-8-3-1-2-4-10(8)11(9)20-23/h1-6,16H,7H2. The second-order valence-corrected chi connectivity index (χ2v) is 17.2. The van der Waals surface area contributed by atoms with E-state index in [1.165, 1.54) is 0 Å². The van der Waals surface area contributed by atoms with Crippen molar-refractivity contribution in [3.8, 4) is 5.75 Å². The number of fused-ring (bicyclic) bond motifs is 3. The summed E-state index contributed by atoms with van der Waals surface area (Å²) in [5, 5.41) is 5.21. The van der Waals surface area contributed by atoms with Crippen molar-refractivity contribution in [1.29, 1.82) is 0 Å². The second-order valence-electron chi connectivity index (χ2n) is 4.92. The molecule has 5 nitrogen and oxygen atoms in total. The van der Waals surface area contributed by atoms with Crippen LogP contribution in [-0.2, 0) is 6.54 Å². The first-order valence-electron chi connectivity index (χ1n) is 6.43. The summed E-state index contributed by atoms with van der Waals surface area (Å²) < 4.78 is 18.8. The summed E-state index contributed by atoms with van der Waals surface area (Å²) in [6.07, 6.45) is 0. The average molecular weight is 448 g/mol. The van der Waals surface area contributed by atoms with Crippen molar-refractivity contribution in [2.45, 2.75) is 6.54 Å². The molecular formula is C11H9Cl4N4OP3. The summed E-state index contributed by atoms with van der Waals surface area (Å²) in [7, 11) is -2.89. The fourth-order valence-corrected chi connectivity index (χ4v) is 17.0. The maximum absolute atomic E-state index is 6.17. The largest absolute Gasteiger partial charge is 0.430 e. The molecule has 0 bridgehead atoms. The molecule has 0 aliphatic carbocycles. The number of hydrogen-bond acceptors (Lipinski definition) is 5. The fourth-order valence-electron chi connectivity index (χ4n) is 2.46. The predicted molar refractivity (Wildman–Crippen MR) is 103 cm³/mol. The highest BCUT2D eigenvalue weighted by atomic mass is 35.9. The van der Waals surface area contributed by atoms with Crippen LogP contribution in [0.2, 0.25) is 0 Å². The molecule has 1 N–H and O–H groups in total.